The molecule has 0 aliphatic carbocycles. The SMILES string of the molecule is NC(=O)c1cccc2c1c1c(OCC(=O)O)cccc1n2Cc1cccc(F)c1F. The molecule has 3 N–H and O–H groups in total. The van der Waals surface area contributed by atoms with E-state index >= 15 is 0 Å². The van der Waals surface area contributed by atoms with E-state index in [1.165, 1.54) is 12.1 Å². The Kier molecular flexibility index (Phi) is 4.83. The van der Waals surface area contributed by atoms with Crippen LogP contribution in [0.1, 0.15) is 15.9 Å². The van der Waals surface area contributed by atoms with Gasteiger partial charge in [0.25, 0.3) is 0 Å². The summed E-state index contributed by atoms with van der Waals surface area (Å²) in [6.45, 7) is -0.600. The highest BCUT2D eigenvalue weighted by Crippen LogP contribution is 2.38. The van der Waals surface area contributed by atoms with Crippen molar-refractivity contribution in [2.45, 2.75) is 6.54 Å². The third-order valence-electron chi connectivity index (χ3n) is 4.85. The van der Waals surface area contributed by atoms with Gasteiger partial charge in [-0.1, -0.05) is 24.3 Å². The van der Waals surface area contributed by atoms with Crippen molar-refractivity contribution in [3.8, 4) is 5.75 Å². The molecule has 0 aliphatic heterocycles. The minimum atomic E-state index is -1.16. The van der Waals surface area contributed by atoms with Crippen LogP contribution >= 0.6 is 0 Å². The van der Waals surface area contributed by atoms with E-state index in [9.17, 15) is 18.4 Å². The summed E-state index contributed by atoms with van der Waals surface area (Å²) in [7, 11) is 0. The number of primary amides is 1. The molecule has 0 fully saturated rings. The topological polar surface area (TPSA) is 94.6 Å². The lowest BCUT2D eigenvalue weighted by Gasteiger charge is -2.10. The molecule has 0 radical (unpaired) electrons. The fourth-order valence-corrected chi connectivity index (χ4v) is 3.63. The first-order valence-electron chi connectivity index (χ1n) is 8.99. The van der Waals surface area contributed by atoms with Crippen LogP contribution in [0, 0.1) is 11.6 Å². The predicted octanol–water partition coefficient (Wildman–Crippen LogP) is 3.68. The number of carbonyl (C=O) groups is 2. The van der Waals surface area contributed by atoms with E-state index in [-0.39, 0.29) is 23.4 Å². The predicted molar refractivity (Wildman–Crippen MR) is 107 cm³/mol. The number of nitrogens with two attached hydrogens (primary N) is 1. The van der Waals surface area contributed by atoms with Crippen LogP contribution in [-0.4, -0.2) is 28.2 Å². The molecule has 1 heterocycles. The quantitative estimate of drug-likeness (QED) is 0.507. The maximum absolute atomic E-state index is 14.3. The number of carboxylic acids is 1. The molecule has 1 aromatic heterocycles. The number of halogens is 2. The molecular weight excluding hydrogens is 394 g/mol. The fourth-order valence-electron chi connectivity index (χ4n) is 3.63. The van der Waals surface area contributed by atoms with Crippen molar-refractivity contribution in [1.29, 1.82) is 0 Å². The number of carboxylic acid groups (broad SMARTS) is 1. The minimum absolute atomic E-state index is 0.0197. The summed E-state index contributed by atoms with van der Waals surface area (Å²) >= 11 is 0. The average molecular weight is 410 g/mol. The number of carbonyl (C=O) groups excluding carboxylic acids is 1. The van der Waals surface area contributed by atoms with Crippen LogP contribution in [0.4, 0.5) is 8.78 Å². The van der Waals surface area contributed by atoms with Gasteiger partial charge >= 0.3 is 5.97 Å². The van der Waals surface area contributed by atoms with Crippen LogP contribution in [0.3, 0.4) is 0 Å². The maximum atomic E-state index is 14.3. The molecule has 4 rings (SSSR count). The summed E-state index contributed by atoms with van der Waals surface area (Å²) < 4.78 is 35.2. The van der Waals surface area contributed by atoms with Crippen molar-refractivity contribution in [3.05, 3.63) is 77.4 Å². The Bertz CT molecular complexity index is 1310. The maximum Gasteiger partial charge on any atom is 0.341 e. The first-order chi connectivity index (χ1) is 14.4. The van der Waals surface area contributed by atoms with E-state index in [2.05, 4.69) is 0 Å². The first-order valence-corrected chi connectivity index (χ1v) is 8.99. The summed E-state index contributed by atoms with van der Waals surface area (Å²) in [5, 5.41) is 9.91. The molecule has 6 nitrogen and oxygen atoms in total. The molecule has 30 heavy (non-hydrogen) atoms. The van der Waals surface area contributed by atoms with Gasteiger partial charge in [0, 0.05) is 16.5 Å². The Morgan fingerprint density at radius 3 is 2.33 bits per heavy atom. The van der Waals surface area contributed by atoms with E-state index in [4.69, 9.17) is 15.6 Å². The highest BCUT2D eigenvalue weighted by atomic mass is 19.2. The molecule has 0 saturated heterocycles. The van der Waals surface area contributed by atoms with E-state index in [1.807, 2.05) is 0 Å². The van der Waals surface area contributed by atoms with Crippen molar-refractivity contribution in [2.75, 3.05) is 6.61 Å². The van der Waals surface area contributed by atoms with Crippen molar-refractivity contribution in [3.63, 3.8) is 0 Å². The Hall–Kier alpha value is -3.94. The molecule has 0 unspecified atom stereocenters. The normalized spacial score (nSPS) is 11.1. The van der Waals surface area contributed by atoms with Gasteiger partial charge in [-0.3, -0.25) is 4.79 Å². The van der Waals surface area contributed by atoms with E-state index in [1.54, 1.807) is 41.0 Å². The molecule has 8 heteroatoms. The lowest BCUT2D eigenvalue weighted by Crippen LogP contribution is -2.11. The summed E-state index contributed by atoms with van der Waals surface area (Å²) in [6.07, 6.45) is 0. The van der Waals surface area contributed by atoms with Gasteiger partial charge in [0.1, 0.15) is 5.75 Å². The molecule has 0 saturated carbocycles. The number of hydrogen-bond donors (Lipinski definition) is 2. The Morgan fingerprint density at radius 1 is 0.967 bits per heavy atom. The molecule has 4 aromatic rings. The largest absolute Gasteiger partial charge is 0.481 e. The second kappa shape index (κ2) is 7.47. The van der Waals surface area contributed by atoms with Gasteiger partial charge in [0.2, 0.25) is 5.91 Å². The van der Waals surface area contributed by atoms with Gasteiger partial charge in [-0.25, -0.2) is 13.6 Å². The van der Waals surface area contributed by atoms with Gasteiger partial charge in [-0.05, 0) is 30.3 Å². The summed E-state index contributed by atoms with van der Waals surface area (Å²) in [5.41, 5.74) is 7.00. The van der Waals surface area contributed by atoms with E-state index in [0.717, 1.165) is 6.07 Å². The molecule has 0 aliphatic rings. The van der Waals surface area contributed by atoms with E-state index < -0.39 is 30.1 Å². The molecule has 152 valence electrons. The van der Waals surface area contributed by atoms with Crippen LogP contribution in [0.15, 0.2) is 54.6 Å². The molecule has 3 aromatic carbocycles. The average Bonchev–Trinajstić information content (AvgIpc) is 3.04. The molecule has 0 spiro atoms. The Balaban J connectivity index is 2.03. The first kappa shape index (κ1) is 19.4. The van der Waals surface area contributed by atoms with Crippen molar-refractivity contribution in [2.24, 2.45) is 5.73 Å². The number of amides is 1. The van der Waals surface area contributed by atoms with Gasteiger partial charge in [-0.15, -0.1) is 0 Å². The minimum Gasteiger partial charge on any atom is -0.481 e. The smallest absolute Gasteiger partial charge is 0.341 e. The fraction of sp³-hybridized carbons (Fsp3) is 0.0909. The molecule has 0 atom stereocenters. The summed E-state index contributed by atoms with van der Waals surface area (Å²) in [6, 6.07) is 13.8. The Labute approximate surface area is 169 Å². The van der Waals surface area contributed by atoms with Crippen LogP contribution in [0.2, 0.25) is 0 Å². The molecular formula is C22H16F2N2O4. The van der Waals surface area contributed by atoms with Gasteiger partial charge in [0.15, 0.2) is 18.2 Å². The standard InChI is InChI=1S/C22H16F2N2O4/c23-14-6-1-4-12(21(14)24)10-26-15-7-2-5-13(22(25)29)19(15)20-16(26)8-3-9-17(20)30-11-18(27)28/h1-9H,10-11H2,(H2,25,29)(H,27,28). The number of hydrogen-bond acceptors (Lipinski definition) is 3. The zero-order chi connectivity index (χ0) is 21.4. The number of ether oxygens (including phenoxy) is 1. The zero-order valence-electron chi connectivity index (χ0n) is 15.6. The third kappa shape index (κ3) is 3.22. The number of fused-ring (bicyclic) bond motifs is 3. The van der Waals surface area contributed by atoms with Gasteiger partial charge in [0.05, 0.1) is 23.0 Å². The second-order valence-corrected chi connectivity index (χ2v) is 6.70. The van der Waals surface area contributed by atoms with Crippen molar-refractivity contribution >= 4 is 33.7 Å². The summed E-state index contributed by atoms with van der Waals surface area (Å²) in [4.78, 5) is 23.1. The lowest BCUT2D eigenvalue weighted by molar-refractivity contribution is -0.139. The number of aromatic nitrogens is 1. The van der Waals surface area contributed by atoms with Crippen LogP contribution in [0.5, 0.6) is 5.75 Å². The monoisotopic (exact) mass is 410 g/mol. The van der Waals surface area contributed by atoms with Gasteiger partial charge in [-0.2, -0.15) is 0 Å². The highest BCUT2D eigenvalue weighted by Gasteiger charge is 2.21. The number of aliphatic carboxylic acids is 1. The number of rotatable bonds is 6. The third-order valence-corrected chi connectivity index (χ3v) is 4.85. The molecule has 1 amide bonds. The highest BCUT2D eigenvalue weighted by molar-refractivity contribution is 6.19. The summed E-state index contributed by atoms with van der Waals surface area (Å²) in [5.74, 6) is -3.52. The number of benzene rings is 3. The van der Waals surface area contributed by atoms with Crippen molar-refractivity contribution < 1.29 is 28.2 Å². The number of nitrogens with zero attached hydrogens (tertiary/aromatic N) is 1. The molecule has 0 bridgehead atoms. The second-order valence-electron chi connectivity index (χ2n) is 6.70. The Morgan fingerprint density at radius 2 is 1.63 bits per heavy atom. The van der Waals surface area contributed by atoms with Gasteiger partial charge < -0.3 is 20.1 Å². The van der Waals surface area contributed by atoms with Crippen LogP contribution < -0.4 is 10.5 Å². The lowest BCUT2D eigenvalue weighted by atomic mass is 10.1. The zero-order valence-corrected chi connectivity index (χ0v) is 15.6. The van der Waals surface area contributed by atoms with E-state index in [0.29, 0.717) is 21.8 Å². The van der Waals surface area contributed by atoms with Crippen LogP contribution in [-0.2, 0) is 11.3 Å². The van der Waals surface area contributed by atoms with Crippen molar-refractivity contribution in [1.82, 2.24) is 4.57 Å². The van der Waals surface area contributed by atoms with Crippen LogP contribution in [0.25, 0.3) is 21.8 Å².